The summed E-state index contributed by atoms with van der Waals surface area (Å²) in [5.74, 6) is 0.496. The number of aryl methyl sites for hydroxylation is 1. The second-order valence-electron chi connectivity index (χ2n) is 4.68. The van der Waals surface area contributed by atoms with Gasteiger partial charge in [-0.15, -0.1) is 5.10 Å². The number of nitrogens with one attached hydrogen (secondary N) is 1. The molecule has 0 fully saturated rings. The zero-order chi connectivity index (χ0) is 14.8. The monoisotopic (exact) mass is 283 g/mol. The van der Waals surface area contributed by atoms with E-state index in [1.165, 1.54) is 12.1 Å². The zero-order valence-electron chi connectivity index (χ0n) is 11.4. The molecule has 21 heavy (non-hydrogen) atoms. The van der Waals surface area contributed by atoms with Gasteiger partial charge in [0.15, 0.2) is 5.65 Å². The number of anilines is 1. The predicted molar refractivity (Wildman–Crippen MR) is 78.1 cm³/mol. The van der Waals surface area contributed by atoms with Crippen LogP contribution in [0.4, 0.5) is 11.6 Å². The smallest absolute Gasteiger partial charge is 0.269 e. The number of hydrogen-bond donors (Lipinski definition) is 1. The van der Waals surface area contributed by atoms with Gasteiger partial charge in [0.1, 0.15) is 0 Å². The molecular weight excluding hydrogens is 270 g/mol. The Morgan fingerprint density at radius 1 is 1.33 bits per heavy atom. The lowest BCUT2D eigenvalue weighted by Crippen LogP contribution is -2.01. The number of hydrogen-bond acceptors (Lipinski definition) is 5. The lowest BCUT2D eigenvalue weighted by Gasteiger charge is -2.01. The van der Waals surface area contributed by atoms with E-state index in [1.54, 1.807) is 10.6 Å². The number of non-ortho nitro benzene ring substituents is 1. The van der Waals surface area contributed by atoms with E-state index in [9.17, 15) is 10.1 Å². The summed E-state index contributed by atoms with van der Waals surface area (Å²) in [5.41, 5.74) is 2.71. The average Bonchev–Trinajstić information content (AvgIpc) is 2.90. The number of rotatable bonds is 4. The summed E-state index contributed by atoms with van der Waals surface area (Å²) in [6.45, 7) is 2.39. The van der Waals surface area contributed by atoms with E-state index in [1.807, 2.05) is 31.3 Å². The molecule has 0 atom stereocenters. The molecule has 0 aliphatic carbocycles. The van der Waals surface area contributed by atoms with E-state index in [0.717, 1.165) is 16.8 Å². The first-order valence-electron chi connectivity index (χ1n) is 6.43. The van der Waals surface area contributed by atoms with Gasteiger partial charge in [-0.3, -0.25) is 10.1 Å². The van der Waals surface area contributed by atoms with Crippen LogP contribution in [0.2, 0.25) is 0 Å². The molecule has 2 heterocycles. The number of pyridine rings is 1. The number of fused-ring (bicyclic) bond motifs is 1. The molecule has 3 rings (SSSR count). The summed E-state index contributed by atoms with van der Waals surface area (Å²) in [6.07, 6.45) is 1.83. The van der Waals surface area contributed by atoms with Crippen molar-refractivity contribution in [2.24, 2.45) is 0 Å². The van der Waals surface area contributed by atoms with Gasteiger partial charge >= 0.3 is 0 Å². The molecule has 0 unspecified atom stereocenters. The lowest BCUT2D eigenvalue weighted by atomic mass is 10.2. The topological polar surface area (TPSA) is 85.4 Å². The van der Waals surface area contributed by atoms with Gasteiger partial charge in [-0.2, -0.15) is 4.98 Å². The fourth-order valence-electron chi connectivity index (χ4n) is 2.08. The fourth-order valence-corrected chi connectivity index (χ4v) is 2.08. The van der Waals surface area contributed by atoms with Crippen LogP contribution in [-0.4, -0.2) is 19.5 Å². The third kappa shape index (κ3) is 2.66. The van der Waals surface area contributed by atoms with Crippen LogP contribution in [0.5, 0.6) is 0 Å². The van der Waals surface area contributed by atoms with Crippen LogP contribution in [0, 0.1) is 17.0 Å². The highest BCUT2D eigenvalue weighted by molar-refractivity contribution is 5.50. The van der Waals surface area contributed by atoms with Crippen molar-refractivity contribution in [3.8, 4) is 0 Å². The Morgan fingerprint density at radius 3 is 2.95 bits per heavy atom. The maximum absolute atomic E-state index is 10.7. The highest BCUT2D eigenvalue weighted by Gasteiger charge is 2.07. The molecule has 7 nitrogen and oxygen atoms in total. The standard InChI is InChI=1S/C14H13N5O2/c1-10-4-3-7-18-13(10)16-14(17-18)15-9-11-5-2-6-12(8-11)19(20)21/h2-8H,9H2,1H3,(H,15,17). The summed E-state index contributed by atoms with van der Waals surface area (Å²) >= 11 is 0. The largest absolute Gasteiger partial charge is 0.349 e. The molecule has 0 saturated heterocycles. The summed E-state index contributed by atoms with van der Waals surface area (Å²) < 4.78 is 1.70. The second kappa shape index (κ2) is 5.20. The van der Waals surface area contributed by atoms with Gasteiger partial charge in [-0.05, 0) is 24.1 Å². The summed E-state index contributed by atoms with van der Waals surface area (Å²) in [7, 11) is 0. The van der Waals surface area contributed by atoms with Gasteiger partial charge in [-0.1, -0.05) is 18.2 Å². The lowest BCUT2D eigenvalue weighted by molar-refractivity contribution is -0.384. The third-order valence-electron chi connectivity index (χ3n) is 3.13. The Hall–Kier alpha value is -2.96. The van der Waals surface area contributed by atoms with E-state index < -0.39 is 4.92 Å². The minimum atomic E-state index is -0.407. The molecule has 3 aromatic rings. The fraction of sp³-hybridized carbons (Fsp3) is 0.143. The molecule has 1 N–H and O–H groups in total. The number of nitro benzene ring substituents is 1. The van der Waals surface area contributed by atoms with Gasteiger partial charge in [0.2, 0.25) is 5.95 Å². The van der Waals surface area contributed by atoms with E-state index in [4.69, 9.17) is 0 Å². The highest BCUT2D eigenvalue weighted by Crippen LogP contribution is 2.15. The Balaban J connectivity index is 1.78. The van der Waals surface area contributed by atoms with E-state index in [0.29, 0.717) is 12.5 Å². The number of nitrogens with zero attached hydrogens (tertiary/aromatic N) is 4. The molecule has 0 aliphatic heterocycles. The van der Waals surface area contributed by atoms with E-state index >= 15 is 0 Å². The molecule has 2 aromatic heterocycles. The highest BCUT2D eigenvalue weighted by atomic mass is 16.6. The first-order valence-corrected chi connectivity index (χ1v) is 6.43. The quantitative estimate of drug-likeness (QED) is 0.587. The second-order valence-corrected chi connectivity index (χ2v) is 4.68. The number of nitro groups is 1. The molecule has 0 bridgehead atoms. The molecule has 1 aromatic carbocycles. The van der Waals surface area contributed by atoms with Crippen molar-refractivity contribution < 1.29 is 4.92 Å². The molecular formula is C14H13N5O2. The third-order valence-corrected chi connectivity index (χ3v) is 3.13. The van der Waals surface area contributed by atoms with Gasteiger partial charge in [0, 0.05) is 24.9 Å². The van der Waals surface area contributed by atoms with Crippen molar-refractivity contribution in [2.45, 2.75) is 13.5 Å². The van der Waals surface area contributed by atoms with Crippen molar-refractivity contribution in [3.05, 3.63) is 63.8 Å². The van der Waals surface area contributed by atoms with Crippen LogP contribution < -0.4 is 5.32 Å². The van der Waals surface area contributed by atoms with Crippen LogP contribution >= 0.6 is 0 Å². The summed E-state index contributed by atoms with van der Waals surface area (Å²) in [4.78, 5) is 14.7. The van der Waals surface area contributed by atoms with Crippen LogP contribution in [0.3, 0.4) is 0 Å². The Kier molecular flexibility index (Phi) is 3.23. The average molecular weight is 283 g/mol. The molecule has 106 valence electrons. The van der Waals surface area contributed by atoms with Gasteiger partial charge in [-0.25, -0.2) is 4.52 Å². The Bertz CT molecular complexity index is 812. The van der Waals surface area contributed by atoms with E-state index in [2.05, 4.69) is 15.4 Å². The molecule has 0 aliphatic rings. The SMILES string of the molecule is Cc1cccn2nc(NCc3cccc([N+](=O)[O-])c3)nc12. The summed E-state index contributed by atoms with van der Waals surface area (Å²) in [6, 6.07) is 10.4. The van der Waals surface area contributed by atoms with Crippen LogP contribution in [0.1, 0.15) is 11.1 Å². The van der Waals surface area contributed by atoms with Crippen molar-refractivity contribution in [2.75, 3.05) is 5.32 Å². The zero-order valence-corrected chi connectivity index (χ0v) is 11.4. The normalized spacial score (nSPS) is 10.7. The van der Waals surface area contributed by atoms with Gasteiger partial charge in [0.05, 0.1) is 4.92 Å². The Morgan fingerprint density at radius 2 is 2.19 bits per heavy atom. The Labute approximate surface area is 120 Å². The van der Waals surface area contributed by atoms with Crippen molar-refractivity contribution in [1.82, 2.24) is 14.6 Å². The molecule has 0 saturated carbocycles. The molecule has 7 heteroatoms. The predicted octanol–water partition coefficient (Wildman–Crippen LogP) is 2.56. The van der Waals surface area contributed by atoms with Crippen molar-refractivity contribution in [1.29, 1.82) is 0 Å². The van der Waals surface area contributed by atoms with Crippen LogP contribution in [0.15, 0.2) is 42.6 Å². The molecule has 0 spiro atoms. The maximum atomic E-state index is 10.7. The first kappa shape index (κ1) is 13.0. The first-order chi connectivity index (χ1) is 10.1. The van der Waals surface area contributed by atoms with Crippen LogP contribution in [-0.2, 0) is 6.54 Å². The molecule has 0 amide bonds. The summed E-state index contributed by atoms with van der Waals surface area (Å²) in [5, 5.41) is 18.1. The minimum Gasteiger partial charge on any atom is -0.349 e. The van der Waals surface area contributed by atoms with Crippen molar-refractivity contribution >= 4 is 17.3 Å². The van der Waals surface area contributed by atoms with Crippen LogP contribution in [0.25, 0.3) is 5.65 Å². The van der Waals surface area contributed by atoms with Crippen molar-refractivity contribution in [3.63, 3.8) is 0 Å². The number of aromatic nitrogens is 3. The number of benzene rings is 1. The maximum Gasteiger partial charge on any atom is 0.269 e. The van der Waals surface area contributed by atoms with Gasteiger partial charge < -0.3 is 5.32 Å². The molecule has 0 radical (unpaired) electrons. The van der Waals surface area contributed by atoms with E-state index in [-0.39, 0.29) is 5.69 Å². The van der Waals surface area contributed by atoms with Gasteiger partial charge in [0.25, 0.3) is 5.69 Å². The minimum absolute atomic E-state index is 0.0769.